The molecule has 2 atom stereocenters. The molecule has 1 saturated carbocycles. The third kappa shape index (κ3) is 4.66. The monoisotopic (exact) mass is 397 g/mol. The number of nitrogens with zero attached hydrogens (tertiary/aromatic N) is 1. The Morgan fingerprint density at radius 2 is 2.03 bits per heavy atom. The lowest BCUT2D eigenvalue weighted by Gasteiger charge is -2.37. The Kier molecular flexibility index (Phi) is 6.53. The highest BCUT2D eigenvalue weighted by atomic mass is 15.1. The van der Waals surface area contributed by atoms with Crippen LogP contribution in [0.25, 0.3) is 0 Å². The van der Waals surface area contributed by atoms with Crippen LogP contribution in [0.4, 0.5) is 17.1 Å². The summed E-state index contributed by atoms with van der Waals surface area (Å²) in [6, 6.07) is 8.09. The molecule has 0 radical (unpaired) electrons. The van der Waals surface area contributed by atoms with E-state index in [2.05, 4.69) is 71.5 Å². The molecule has 2 heterocycles. The summed E-state index contributed by atoms with van der Waals surface area (Å²) in [5.41, 5.74) is 5.19. The Labute approximate surface area is 176 Å². The van der Waals surface area contributed by atoms with E-state index in [-0.39, 0.29) is 6.04 Å². The maximum Gasteiger partial charge on any atom is 0.0679 e. The van der Waals surface area contributed by atoms with Gasteiger partial charge in [-0.3, -0.25) is 0 Å². The van der Waals surface area contributed by atoms with Crippen LogP contribution in [0.15, 0.2) is 30.0 Å². The lowest BCUT2D eigenvalue weighted by Crippen LogP contribution is -2.44. The maximum absolute atomic E-state index is 3.83. The average Bonchev–Trinajstić information content (AvgIpc) is 3.25. The summed E-state index contributed by atoms with van der Waals surface area (Å²) >= 11 is 0. The molecule has 5 heteroatoms. The van der Waals surface area contributed by atoms with Crippen molar-refractivity contribution in [3.05, 3.63) is 30.0 Å². The number of likely N-dealkylation sites (N-methyl/N-ethyl adjacent to an activating group) is 1. The Hall–Kier alpha value is -1.88. The van der Waals surface area contributed by atoms with Crippen molar-refractivity contribution >= 4 is 17.1 Å². The van der Waals surface area contributed by atoms with Gasteiger partial charge in [0.05, 0.1) is 17.4 Å². The molecule has 3 aliphatic rings. The molecule has 2 fully saturated rings. The van der Waals surface area contributed by atoms with E-state index in [1.807, 2.05) is 0 Å². The molecule has 4 N–H and O–H groups in total. The number of anilines is 3. The zero-order valence-electron chi connectivity index (χ0n) is 18.4. The first-order chi connectivity index (χ1) is 14.2. The maximum atomic E-state index is 3.83. The highest BCUT2D eigenvalue weighted by Crippen LogP contribution is 2.34. The first-order valence-electron chi connectivity index (χ1n) is 11.7. The first-order valence-corrected chi connectivity index (χ1v) is 11.7. The van der Waals surface area contributed by atoms with Gasteiger partial charge in [-0.25, -0.2) is 0 Å². The van der Waals surface area contributed by atoms with Gasteiger partial charge in [0.15, 0.2) is 0 Å². The molecule has 5 nitrogen and oxygen atoms in total. The SMILES string of the molecule is CCCC1CC(N/C=C(\C(C)NC)C2CNc3ccc(N4CCCC4)cc3N2)C1. The van der Waals surface area contributed by atoms with Crippen molar-refractivity contribution in [3.8, 4) is 0 Å². The van der Waals surface area contributed by atoms with Crippen molar-refractivity contribution in [3.63, 3.8) is 0 Å². The van der Waals surface area contributed by atoms with Crippen LogP contribution < -0.4 is 26.2 Å². The van der Waals surface area contributed by atoms with E-state index in [1.165, 1.54) is 74.2 Å². The summed E-state index contributed by atoms with van der Waals surface area (Å²) in [5.74, 6) is 0.932. The van der Waals surface area contributed by atoms with Gasteiger partial charge in [0.2, 0.25) is 0 Å². The smallest absolute Gasteiger partial charge is 0.0679 e. The topological polar surface area (TPSA) is 51.4 Å². The third-order valence-electron chi connectivity index (χ3n) is 7.05. The zero-order valence-corrected chi connectivity index (χ0v) is 18.4. The summed E-state index contributed by atoms with van der Waals surface area (Å²) in [7, 11) is 2.05. The normalized spacial score (nSPS) is 27.5. The lowest BCUT2D eigenvalue weighted by molar-refractivity contribution is 0.224. The summed E-state index contributed by atoms with van der Waals surface area (Å²) in [6.07, 6.45) is 10.3. The molecule has 0 spiro atoms. The van der Waals surface area contributed by atoms with Crippen LogP contribution in [0, 0.1) is 5.92 Å². The highest BCUT2D eigenvalue weighted by molar-refractivity contribution is 5.77. The fraction of sp³-hybridized carbons (Fsp3) is 0.667. The van der Waals surface area contributed by atoms with Crippen molar-refractivity contribution in [2.45, 2.75) is 70.5 Å². The predicted molar refractivity (Wildman–Crippen MR) is 125 cm³/mol. The molecule has 160 valence electrons. The molecular weight excluding hydrogens is 358 g/mol. The molecule has 0 bridgehead atoms. The Morgan fingerprint density at radius 3 is 2.76 bits per heavy atom. The van der Waals surface area contributed by atoms with Crippen LogP contribution >= 0.6 is 0 Å². The summed E-state index contributed by atoms with van der Waals surface area (Å²) < 4.78 is 0. The van der Waals surface area contributed by atoms with Gasteiger partial charge in [-0.15, -0.1) is 0 Å². The van der Waals surface area contributed by atoms with Gasteiger partial charge in [0.25, 0.3) is 0 Å². The van der Waals surface area contributed by atoms with Crippen molar-refractivity contribution in [2.24, 2.45) is 5.92 Å². The lowest BCUT2D eigenvalue weighted by atomic mass is 9.77. The predicted octanol–water partition coefficient (Wildman–Crippen LogP) is 4.15. The molecule has 2 unspecified atom stereocenters. The molecule has 0 amide bonds. The van der Waals surface area contributed by atoms with Crippen LogP contribution in [0.5, 0.6) is 0 Å². The number of rotatable bonds is 8. The second-order valence-electron chi connectivity index (χ2n) is 9.15. The van der Waals surface area contributed by atoms with Gasteiger partial charge >= 0.3 is 0 Å². The van der Waals surface area contributed by atoms with E-state index in [9.17, 15) is 0 Å². The fourth-order valence-electron chi connectivity index (χ4n) is 5.05. The van der Waals surface area contributed by atoms with Crippen molar-refractivity contribution in [1.29, 1.82) is 0 Å². The molecule has 1 saturated heterocycles. The minimum atomic E-state index is 0.290. The minimum Gasteiger partial charge on any atom is -0.388 e. The number of hydrogen-bond donors (Lipinski definition) is 4. The van der Waals surface area contributed by atoms with Crippen LogP contribution in [-0.2, 0) is 0 Å². The molecule has 4 rings (SSSR count). The number of nitrogens with one attached hydrogen (secondary N) is 4. The van der Waals surface area contributed by atoms with E-state index >= 15 is 0 Å². The molecule has 1 aromatic rings. The molecule has 2 aliphatic heterocycles. The van der Waals surface area contributed by atoms with Crippen molar-refractivity contribution in [2.75, 3.05) is 42.2 Å². The second-order valence-corrected chi connectivity index (χ2v) is 9.15. The second kappa shape index (κ2) is 9.29. The minimum absolute atomic E-state index is 0.290. The van der Waals surface area contributed by atoms with E-state index in [4.69, 9.17) is 0 Å². The Morgan fingerprint density at radius 1 is 1.24 bits per heavy atom. The van der Waals surface area contributed by atoms with Gasteiger partial charge in [-0.05, 0) is 75.5 Å². The number of benzene rings is 1. The van der Waals surface area contributed by atoms with Crippen molar-refractivity contribution < 1.29 is 0 Å². The Balaban J connectivity index is 1.44. The van der Waals surface area contributed by atoms with Gasteiger partial charge < -0.3 is 26.2 Å². The molecule has 1 aromatic carbocycles. The van der Waals surface area contributed by atoms with E-state index in [1.54, 1.807) is 0 Å². The van der Waals surface area contributed by atoms with Crippen LogP contribution in [0.1, 0.15) is 52.4 Å². The third-order valence-corrected chi connectivity index (χ3v) is 7.05. The van der Waals surface area contributed by atoms with E-state index < -0.39 is 0 Å². The molecule has 29 heavy (non-hydrogen) atoms. The standard InChI is InChI=1S/C24H39N5/c1-4-7-18-12-19(13-18)26-15-21(17(2)25-3)24-16-27-22-9-8-20(14-23(22)28-24)29-10-5-6-11-29/h8-9,14-15,17-19,24-28H,4-7,10-13,16H2,1-3H3/b21-15+. The van der Waals surface area contributed by atoms with Crippen LogP contribution in [-0.4, -0.2) is 44.8 Å². The molecule has 1 aliphatic carbocycles. The van der Waals surface area contributed by atoms with Crippen LogP contribution in [0.3, 0.4) is 0 Å². The number of fused-ring (bicyclic) bond motifs is 1. The summed E-state index contributed by atoms with van der Waals surface area (Å²) in [5, 5.41) is 14.6. The average molecular weight is 398 g/mol. The summed E-state index contributed by atoms with van der Waals surface area (Å²) in [6.45, 7) is 7.83. The van der Waals surface area contributed by atoms with Crippen LogP contribution in [0.2, 0.25) is 0 Å². The van der Waals surface area contributed by atoms with Gasteiger partial charge in [-0.1, -0.05) is 19.8 Å². The molecule has 0 aromatic heterocycles. The molecular formula is C24H39N5. The highest BCUT2D eigenvalue weighted by Gasteiger charge is 2.29. The summed E-state index contributed by atoms with van der Waals surface area (Å²) in [4.78, 5) is 2.50. The number of hydrogen-bond acceptors (Lipinski definition) is 5. The van der Waals surface area contributed by atoms with Gasteiger partial charge in [-0.2, -0.15) is 0 Å². The Bertz CT molecular complexity index is 703. The quantitative estimate of drug-likeness (QED) is 0.531. The van der Waals surface area contributed by atoms with E-state index in [0.29, 0.717) is 12.1 Å². The van der Waals surface area contributed by atoms with Gasteiger partial charge in [0.1, 0.15) is 0 Å². The first kappa shape index (κ1) is 20.4. The van der Waals surface area contributed by atoms with Crippen molar-refractivity contribution in [1.82, 2.24) is 10.6 Å². The zero-order chi connectivity index (χ0) is 20.2. The van der Waals surface area contributed by atoms with E-state index in [0.717, 1.165) is 12.5 Å². The largest absolute Gasteiger partial charge is 0.388 e. The van der Waals surface area contributed by atoms with Gasteiger partial charge in [0, 0.05) is 37.4 Å². The fourth-order valence-corrected chi connectivity index (χ4v) is 5.05.